The van der Waals surface area contributed by atoms with Crippen LogP contribution in [0.4, 0.5) is 0 Å². The second-order valence-electron chi connectivity index (χ2n) is 16.4. The van der Waals surface area contributed by atoms with E-state index in [0.717, 1.165) is 11.8 Å². The number of hydrogen-bond acceptors (Lipinski definition) is 12. The standard InChI is InChI=1S/C38H66N10O10S/c1-8-21(4)31(42)35(56)45-23(11-12-28(39)50)33(54)46-24(16-29(40)51)34(55)47-25(18-59-19-44-37(58)38(5,6)7)36(57)48-13-9-10-26(48)27(49)15-22(14-20(2)3)32(53)43-17-30(41)52/h20-26,31H,8-19,42H2,1-7H3,(H2,39,50)(H2,40,51)(H2,41,52)(H,43,53)(H,44,58)(H,45,56)(H,46,54)(H,47,55)/t21-,22+,23-,24-,25-,26+,31-/m1/s1. The van der Waals surface area contributed by atoms with Crippen molar-refractivity contribution in [2.75, 3.05) is 24.7 Å². The van der Waals surface area contributed by atoms with E-state index in [1.807, 2.05) is 20.8 Å². The van der Waals surface area contributed by atoms with Crippen LogP contribution in [0.5, 0.6) is 0 Å². The lowest BCUT2D eigenvalue weighted by molar-refractivity contribution is -0.141. The number of hydrogen-bond donors (Lipinski definition) is 9. The van der Waals surface area contributed by atoms with Gasteiger partial charge in [0.25, 0.3) is 0 Å². The average Bonchev–Trinajstić information content (AvgIpc) is 3.64. The molecule has 59 heavy (non-hydrogen) atoms. The quantitative estimate of drug-likeness (QED) is 0.0338. The molecule has 1 heterocycles. The smallest absolute Gasteiger partial charge is 0.246 e. The minimum absolute atomic E-state index is 0.00899. The Bertz CT molecular complexity index is 1540. The molecule has 1 saturated heterocycles. The predicted octanol–water partition coefficient (Wildman–Crippen LogP) is -1.98. The van der Waals surface area contributed by atoms with Crippen molar-refractivity contribution >= 4 is 70.7 Å². The highest BCUT2D eigenvalue weighted by Gasteiger charge is 2.40. The number of rotatable bonds is 26. The highest BCUT2D eigenvalue weighted by molar-refractivity contribution is 7.99. The molecule has 20 nitrogen and oxygen atoms in total. The summed E-state index contributed by atoms with van der Waals surface area (Å²) in [5, 5.41) is 12.6. The van der Waals surface area contributed by atoms with Gasteiger partial charge < -0.3 is 54.4 Å². The van der Waals surface area contributed by atoms with Gasteiger partial charge in [-0.3, -0.25) is 47.9 Å². The topological polar surface area (TPSA) is 338 Å². The van der Waals surface area contributed by atoms with Gasteiger partial charge in [0.2, 0.25) is 53.2 Å². The van der Waals surface area contributed by atoms with Crippen LogP contribution >= 0.6 is 11.8 Å². The minimum atomic E-state index is -1.66. The summed E-state index contributed by atoms with van der Waals surface area (Å²) in [6.45, 7) is 12.2. The molecule has 1 rings (SSSR count). The van der Waals surface area contributed by atoms with Gasteiger partial charge in [0, 0.05) is 36.5 Å². The van der Waals surface area contributed by atoms with Crippen molar-refractivity contribution in [3.63, 3.8) is 0 Å². The second kappa shape index (κ2) is 25.0. The first-order valence-corrected chi connectivity index (χ1v) is 21.0. The van der Waals surface area contributed by atoms with Crippen molar-refractivity contribution in [2.45, 2.75) is 130 Å². The molecule has 1 aliphatic rings. The fraction of sp³-hybridized carbons (Fsp3) is 0.737. The number of likely N-dealkylation sites (tertiary alicyclic amines) is 1. The molecule has 1 aliphatic heterocycles. The van der Waals surface area contributed by atoms with Crippen LogP contribution < -0.4 is 49.5 Å². The molecule has 0 unspecified atom stereocenters. The van der Waals surface area contributed by atoms with E-state index in [9.17, 15) is 47.9 Å². The molecule has 0 bridgehead atoms. The Kier molecular flexibility index (Phi) is 22.1. The maximum atomic E-state index is 14.3. The van der Waals surface area contributed by atoms with Gasteiger partial charge in [-0.1, -0.05) is 54.9 Å². The number of ketones is 1. The van der Waals surface area contributed by atoms with Gasteiger partial charge in [0.05, 0.1) is 30.9 Å². The van der Waals surface area contributed by atoms with Gasteiger partial charge in [-0.25, -0.2) is 0 Å². The molecule has 0 aromatic rings. The number of amides is 9. The van der Waals surface area contributed by atoms with Crippen molar-refractivity contribution in [3.8, 4) is 0 Å². The number of carbonyl (C=O) groups excluding carboxylic acids is 10. The molecule has 13 N–H and O–H groups in total. The highest BCUT2D eigenvalue weighted by atomic mass is 32.2. The van der Waals surface area contributed by atoms with Crippen LogP contribution in [0.2, 0.25) is 0 Å². The summed E-state index contributed by atoms with van der Waals surface area (Å²) in [7, 11) is 0. The summed E-state index contributed by atoms with van der Waals surface area (Å²) in [5.41, 5.74) is 21.3. The van der Waals surface area contributed by atoms with E-state index in [2.05, 4.69) is 26.6 Å². The SMILES string of the molecule is CC[C@@H](C)[C@@H](N)C(=O)N[C@H](CCC(N)=O)C(=O)N[C@H](CC(N)=O)C(=O)N[C@H](CSCNC(=O)C(C)(C)C)C(=O)N1CCC[C@H]1C(=O)C[C@H](CC(C)C)C(=O)NCC(N)=O. The molecular weight excluding hydrogens is 789 g/mol. The normalized spacial score (nSPS) is 17.0. The van der Waals surface area contributed by atoms with E-state index < -0.39 is 108 Å². The third kappa shape index (κ3) is 18.8. The van der Waals surface area contributed by atoms with Gasteiger partial charge in [0.1, 0.15) is 18.1 Å². The fourth-order valence-electron chi connectivity index (χ4n) is 6.14. The van der Waals surface area contributed by atoms with E-state index in [0.29, 0.717) is 19.3 Å². The Morgan fingerprint density at radius 3 is 1.90 bits per heavy atom. The lowest BCUT2D eigenvalue weighted by Gasteiger charge is -2.30. The Morgan fingerprint density at radius 2 is 1.36 bits per heavy atom. The predicted molar refractivity (Wildman–Crippen MR) is 220 cm³/mol. The Hall–Kier alpha value is -4.79. The largest absolute Gasteiger partial charge is 0.370 e. The van der Waals surface area contributed by atoms with Crippen molar-refractivity contribution in [1.82, 2.24) is 31.5 Å². The Morgan fingerprint density at radius 1 is 0.763 bits per heavy atom. The summed E-state index contributed by atoms with van der Waals surface area (Å²) in [5.74, 6) is -8.20. The van der Waals surface area contributed by atoms with Crippen LogP contribution in [-0.2, 0) is 47.9 Å². The molecular formula is C38H66N10O10S. The molecule has 1 fully saturated rings. The molecule has 0 saturated carbocycles. The lowest BCUT2D eigenvalue weighted by Crippen LogP contribution is -2.60. The number of nitrogens with one attached hydrogen (secondary N) is 5. The summed E-state index contributed by atoms with van der Waals surface area (Å²) in [4.78, 5) is 130. The van der Waals surface area contributed by atoms with Crippen molar-refractivity contribution in [2.24, 2.45) is 46.1 Å². The van der Waals surface area contributed by atoms with E-state index in [-0.39, 0.29) is 61.6 Å². The molecule has 0 aromatic carbocycles. The summed E-state index contributed by atoms with van der Waals surface area (Å²) in [6.07, 6.45) is 0.0247. The van der Waals surface area contributed by atoms with Crippen LogP contribution in [-0.4, -0.2) is 119 Å². The molecule has 0 spiro atoms. The van der Waals surface area contributed by atoms with Crippen molar-refractivity contribution in [1.29, 1.82) is 0 Å². The fourth-order valence-corrected chi connectivity index (χ4v) is 6.95. The van der Waals surface area contributed by atoms with Crippen molar-refractivity contribution < 1.29 is 47.9 Å². The molecule has 21 heteroatoms. The summed E-state index contributed by atoms with van der Waals surface area (Å²) in [6, 6.07) is -6.38. The number of nitrogens with zero attached hydrogens (tertiary/aromatic N) is 1. The van der Waals surface area contributed by atoms with Crippen LogP contribution in [0.25, 0.3) is 0 Å². The van der Waals surface area contributed by atoms with Crippen LogP contribution in [0.1, 0.15) is 99.8 Å². The molecule has 334 valence electrons. The first-order valence-electron chi connectivity index (χ1n) is 19.9. The van der Waals surface area contributed by atoms with E-state index in [1.165, 1.54) is 4.90 Å². The first-order chi connectivity index (χ1) is 27.4. The molecule has 0 radical (unpaired) electrons. The molecule has 0 aromatic heterocycles. The van der Waals surface area contributed by atoms with Gasteiger partial charge in [-0.2, -0.15) is 0 Å². The lowest BCUT2D eigenvalue weighted by atomic mass is 9.89. The third-order valence-corrected chi connectivity index (χ3v) is 10.7. The number of nitrogens with two attached hydrogens (primary N) is 4. The van der Waals surface area contributed by atoms with Crippen LogP contribution in [0.3, 0.4) is 0 Å². The Balaban J connectivity index is 3.43. The summed E-state index contributed by atoms with van der Waals surface area (Å²) < 4.78 is 0. The van der Waals surface area contributed by atoms with Crippen LogP contribution in [0.15, 0.2) is 0 Å². The molecule has 0 aliphatic carbocycles. The van der Waals surface area contributed by atoms with Crippen molar-refractivity contribution in [3.05, 3.63) is 0 Å². The number of Topliss-reactive ketones (excluding diaryl/α,β-unsaturated/α-hetero) is 1. The number of thioether (sulfide) groups is 1. The van der Waals surface area contributed by atoms with Gasteiger partial charge >= 0.3 is 0 Å². The van der Waals surface area contributed by atoms with Crippen LogP contribution in [0, 0.1) is 23.2 Å². The monoisotopic (exact) mass is 854 g/mol. The van der Waals surface area contributed by atoms with Gasteiger partial charge in [-0.15, -0.1) is 11.8 Å². The van der Waals surface area contributed by atoms with Gasteiger partial charge in [-0.05, 0) is 37.5 Å². The number of carbonyl (C=O) groups is 10. The first kappa shape index (κ1) is 52.2. The zero-order valence-corrected chi connectivity index (χ0v) is 36.2. The summed E-state index contributed by atoms with van der Waals surface area (Å²) >= 11 is 1.09. The maximum absolute atomic E-state index is 14.3. The van der Waals surface area contributed by atoms with E-state index in [4.69, 9.17) is 22.9 Å². The molecule has 7 atom stereocenters. The molecule has 9 amide bonds. The zero-order valence-electron chi connectivity index (χ0n) is 35.4. The van der Waals surface area contributed by atoms with Gasteiger partial charge in [0.15, 0.2) is 5.78 Å². The highest BCUT2D eigenvalue weighted by Crippen LogP contribution is 2.25. The second-order valence-corrected chi connectivity index (χ2v) is 17.4. The minimum Gasteiger partial charge on any atom is -0.370 e. The third-order valence-electron chi connectivity index (χ3n) is 9.74. The zero-order chi connectivity index (χ0) is 45.2. The van der Waals surface area contributed by atoms with E-state index in [1.54, 1.807) is 27.7 Å². The van der Waals surface area contributed by atoms with E-state index >= 15 is 0 Å². The maximum Gasteiger partial charge on any atom is 0.246 e. The Labute approximate surface area is 350 Å². The number of primary amides is 3. The average molecular weight is 855 g/mol.